The van der Waals surface area contributed by atoms with Gasteiger partial charge in [0.1, 0.15) is 17.1 Å². The quantitative estimate of drug-likeness (QED) is 0.0281. The summed E-state index contributed by atoms with van der Waals surface area (Å²) in [6, 6.07) is 19.2. The van der Waals surface area contributed by atoms with E-state index in [1.807, 2.05) is 25.1 Å². The van der Waals surface area contributed by atoms with Gasteiger partial charge in [-0.2, -0.15) is 0 Å². The number of anilines is 1. The third kappa shape index (κ3) is 12.2. The van der Waals surface area contributed by atoms with E-state index < -0.39 is 5.97 Å². The Labute approximate surface area is 329 Å². The molecule has 5 rings (SSSR count). The zero-order valence-corrected chi connectivity index (χ0v) is 31.8. The number of carbonyl (C=O) groups excluding carboxylic acids is 3. The van der Waals surface area contributed by atoms with Crippen LogP contribution in [-0.4, -0.2) is 88.5 Å². The summed E-state index contributed by atoms with van der Waals surface area (Å²) in [6.45, 7) is 5.57. The maximum atomic E-state index is 13.2. The van der Waals surface area contributed by atoms with Gasteiger partial charge in [-0.05, 0) is 85.8 Å². The van der Waals surface area contributed by atoms with Gasteiger partial charge in [0.05, 0.1) is 38.6 Å². The van der Waals surface area contributed by atoms with Crippen molar-refractivity contribution < 1.29 is 47.6 Å². The number of hydrogen-bond acceptors (Lipinski definition) is 11. The van der Waals surface area contributed by atoms with Crippen LogP contribution in [0.4, 0.5) is 5.69 Å². The summed E-state index contributed by atoms with van der Waals surface area (Å²) in [4.78, 5) is 60.5. The van der Waals surface area contributed by atoms with Crippen LogP contribution in [0, 0.1) is 6.92 Å². The lowest BCUT2D eigenvalue weighted by atomic mass is 9.89. The summed E-state index contributed by atoms with van der Waals surface area (Å²) < 4.78 is 28.3. The topological polar surface area (TPSA) is 206 Å². The fourth-order valence-electron chi connectivity index (χ4n) is 6.03. The Morgan fingerprint density at radius 1 is 0.772 bits per heavy atom. The Morgan fingerprint density at radius 3 is 2.19 bits per heavy atom. The normalized spacial score (nSPS) is 11.1. The summed E-state index contributed by atoms with van der Waals surface area (Å²) >= 11 is 0. The lowest BCUT2D eigenvalue weighted by Gasteiger charge is -2.17. The highest BCUT2D eigenvalue weighted by Crippen LogP contribution is 2.41. The van der Waals surface area contributed by atoms with E-state index in [2.05, 4.69) is 10.6 Å². The molecule has 1 aliphatic heterocycles. The average molecular weight is 782 g/mol. The number of aromatic carboxylic acids is 1. The molecule has 3 aromatic carbocycles. The van der Waals surface area contributed by atoms with Crippen LogP contribution in [0.3, 0.4) is 0 Å². The fourth-order valence-corrected chi connectivity index (χ4v) is 6.03. The van der Waals surface area contributed by atoms with Gasteiger partial charge >= 0.3 is 5.97 Å². The van der Waals surface area contributed by atoms with Crippen molar-refractivity contribution in [3.05, 3.63) is 105 Å². The van der Waals surface area contributed by atoms with Gasteiger partial charge in [0, 0.05) is 78.2 Å². The molecule has 1 heterocycles. The fraction of sp³-hybridized carbons (Fsp3) is 0.326. The molecule has 0 unspecified atom stereocenters. The SMILES string of the molecule is Cc1ccc2c(-c3cc(C(=O)NCCCOCCOCCOCCCNC(=O)CCCOc4ccc(C=O)c(N)c4)ccc3C(=O)O)c3ccc(=O)cc-3oc2c1. The molecule has 3 aromatic rings. The zero-order valence-electron chi connectivity index (χ0n) is 31.8. The first-order chi connectivity index (χ1) is 27.6. The highest BCUT2D eigenvalue weighted by molar-refractivity contribution is 6.09. The molecule has 0 radical (unpaired) electrons. The first-order valence-electron chi connectivity index (χ1n) is 18.7. The third-order valence-electron chi connectivity index (χ3n) is 8.92. The molecule has 2 aliphatic rings. The minimum Gasteiger partial charge on any atom is -0.494 e. The number of ether oxygens (including phenoxy) is 4. The van der Waals surface area contributed by atoms with Gasteiger partial charge in [-0.3, -0.25) is 19.2 Å². The summed E-state index contributed by atoms with van der Waals surface area (Å²) in [5, 5.41) is 16.5. The van der Waals surface area contributed by atoms with Crippen molar-refractivity contribution in [1.29, 1.82) is 0 Å². The number of hydrogen-bond donors (Lipinski definition) is 4. The average Bonchev–Trinajstić information content (AvgIpc) is 3.19. The first kappa shape index (κ1) is 42.1. The van der Waals surface area contributed by atoms with E-state index in [9.17, 15) is 29.1 Å². The van der Waals surface area contributed by atoms with E-state index >= 15 is 0 Å². The number of nitrogens with one attached hydrogen (secondary N) is 2. The van der Waals surface area contributed by atoms with Gasteiger partial charge in [-0.1, -0.05) is 12.1 Å². The van der Waals surface area contributed by atoms with Crippen molar-refractivity contribution >= 4 is 40.7 Å². The predicted molar refractivity (Wildman–Crippen MR) is 214 cm³/mol. The van der Waals surface area contributed by atoms with E-state index in [1.165, 1.54) is 24.3 Å². The van der Waals surface area contributed by atoms with Crippen molar-refractivity contribution in [2.24, 2.45) is 0 Å². The molecule has 57 heavy (non-hydrogen) atoms. The van der Waals surface area contributed by atoms with E-state index in [1.54, 1.807) is 30.3 Å². The van der Waals surface area contributed by atoms with Crippen LogP contribution in [0.1, 0.15) is 62.3 Å². The highest BCUT2D eigenvalue weighted by atomic mass is 16.5. The van der Waals surface area contributed by atoms with E-state index in [0.29, 0.717) is 142 Å². The number of fused-ring (bicyclic) bond motifs is 2. The van der Waals surface area contributed by atoms with Crippen molar-refractivity contribution in [1.82, 2.24) is 10.6 Å². The molecule has 0 aromatic heterocycles. The molecule has 0 fully saturated rings. The summed E-state index contributed by atoms with van der Waals surface area (Å²) in [5.74, 6) is -0.710. The molecule has 1 aliphatic carbocycles. The maximum Gasteiger partial charge on any atom is 0.336 e. The number of carboxylic acid groups (broad SMARTS) is 1. The van der Waals surface area contributed by atoms with Gasteiger partial charge in [-0.15, -0.1) is 0 Å². The molecule has 0 atom stereocenters. The molecule has 2 amide bonds. The van der Waals surface area contributed by atoms with Crippen molar-refractivity contribution in [2.75, 3.05) is 65.1 Å². The molecule has 0 saturated heterocycles. The van der Waals surface area contributed by atoms with Crippen LogP contribution < -0.4 is 26.5 Å². The number of carbonyl (C=O) groups is 4. The molecule has 0 saturated carbocycles. The largest absolute Gasteiger partial charge is 0.494 e. The molecule has 5 N–H and O–H groups in total. The first-order valence-corrected chi connectivity index (χ1v) is 18.7. The highest BCUT2D eigenvalue weighted by Gasteiger charge is 2.23. The number of carboxylic acids is 1. The van der Waals surface area contributed by atoms with Gasteiger partial charge in [0.15, 0.2) is 11.7 Å². The smallest absolute Gasteiger partial charge is 0.336 e. The zero-order chi connectivity index (χ0) is 40.6. The second kappa shape index (κ2) is 21.3. The Hall–Kier alpha value is -6.09. The van der Waals surface area contributed by atoms with Crippen molar-refractivity contribution in [3.63, 3.8) is 0 Å². The number of aryl methyl sites for hydroxylation is 1. The van der Waals surface area contributed by atoms with Crippen LogP contribution in [-0.2, 0) is 19.0 Å². The van der Waals surface area contributed by atoms with Crippen LogP contribution in [0.5, 0.6) is 5.75 Å². The Kier molecular flexibility index (Phi) is 15.7. The molecule has 14 nitrogen and oxygen atoms in total. The van der Waals surface area contributed by atoms with Crippen LogP contribution >= 0.6 is 0 Å². The summed E-state index contributed by atoms with van der Waals surface area (Å²) in [7, 11) is 0. The van der Waals surface area contributed by atoms with Crippen LogP contribution in [0.15, 0.2) is 82.0 Å². The lowest BCUT2D eigenvalue weighted by molar-refractivity contribution is -0.121. The minimum atomic E-state index is -1.15. The van der Waals surface area contributed by atoms with Gasteiger partial charge in [-0.25, -0.2) is 4.79 Å². The monoisotopic (exact) mass is 781 g/mol. The molecule has 300 valence electrons. The van der Waals surface area contributed by atoms with Crippen molar-refractivity contribution in [2.45, 2.75) is 32.6 Å². The minimum absolute atomic E-state index is 0.0130. The van der Waals surface area contributed by atoms with Crippen LogP contribution in [0.25, 0.3) is 33.4 Å². The number of amides is 2. The number of aldehydes is 1. The van der Waals surface area contributed by atoms with E-state index in [-0.39, 0.29) is 28.4 Å². The number of rotatable bonds is 23. The molecule has 14 heteroatoms. The summed E-state index contributed by atoms with van der Waals surface area (Å²) in [6.07, 6.45) is 2.78. The second-order valence-corrected chi connectivity index (χ2v) is 13.2. The Morgan fingerprint density at radius 2 is 1.49 bits per heavy atom. The maximum absolute atomic E-state index is 13.2. The van der Waals surface area contributed by atoms with Crippen LogP contribution in [0.2, 0.25) is 0 Å². The Bertz CT molecular complexity index is 2200. The molecule has 0 spiro atoms. The molecule has 0 bridgehead atoms. The molecular formula is C43H47N3O11. The summed E-state index contributed by atoms with van der Waals surface area (Å²) in [5.41, 5.74) is 9.46. The number of nitrogen functional groups attached to an aromatic ring is 1. The van der Waals surface area contributed by atoms with Crippen molar-refractivity contribution in [3.8, 4) is 28.2 Å². The standard InChI is InChI=1S/C43H47N3O11/c1-28-6-11-34-38(23-28)57-39-25-31(48)9-13-35(39)41(34)36-24-29(8-12-33(36)43(51)52)42(50)46-15-4-17-54-20-22-55-21-19-53-16-3-14-45-40(49)5-2-18-56-32-10-7-30(27-47)37(44)26-32/h6-13,23-27H,2-5,14-22,44H2,1H3,(H,45,49)(H,46,50)(H,51,52). The van der Waals surface area contributed by atoms with E-state index in [0.717, 1.165) is 5.56 Å². The predicted octanol–water partition coefficient (Wildman–Crippen LogP) is 5.50. The number of nitrogens with two attached hydrogens (primary N) is 1. The van der Waals surface area contributed by atoms with E-state index in [4.69, 9.17) is 29.1 Å². The molecular weight excluding hydrogens is 734 g/mol. The second-order valence-electron chi connectivity index (χ2n) is 13.2. The van der Waals surface area contributed by atoms with Gasteiger partial charge < -0.3 is 44.8 Å². The Balaban J connectivity index is 0.933. The van der Waals surface area contributed by atoms with Gasteiger partial charge in [0.2, 0.25) is 5.91 Å². The number of benzene rings is 4. The van der Waals surface area contributed by atoms with Gasteiger partial charge in [0.25, 0.3) is 5.91 Å². The third-order valence-corrected chi connectivity index (χ3v) is 8.92. The lowest BCUT2D eigenvalue weighted by Crippen LogP contribution is -2.25.